The van der Waals surface area contributed by atoms with Crippen LogP contribution in [0.15, 0.2) is 6.07 Å². The van der Waals surface area contributed by atoms with Gasteiger partial charge in [0.15, 0.2) is 0 Å². The zero-order chi connectivity index (χ0) is 12.2. The van der Waals surface area contributed by atoms with Gasteiger partial charge in [-0.3, -0.25) is 0 Å². The van der Waals surface area contributed by atoms with Gasteiger partial charge in [-0.2, -0.15) is 4.98 Å². The van der Waals surface area contributed by atoms with Gasteiger partial charge in [0.1, 0.15) is 11.4 Å². The van der Waals surface area contributed by atoms with Crippen LogP contribution in [0.2, 0.25) is 0 Å². The third-order valence-corrected chi connectivity index (χ3v) is 2.07. The summed E-state index contributed by atoms with van der Waals surface area (Å²) in [5.74, 6) is 1.14. The summed E-state index contributed by atoms with van der Waals surface area (Å²) in [6, 6.07) is 1.77. The molecule has 6 nitrogen and oxygen atoms in total. The minimum atomic E-state index is -1.15. The number of rotatable bonds is 5. The highest BCUT2D eigenvalue weighted by atomic mass is 16.3. The van der Waals surface area contributed by atoms with E-state index in [2.05, 4.69) is 20.6 Å². The van der Waals surface area contributed by atoms with Crippen molar-refractivity contribution in [3.8, 4) is 0 Å². The van der Waals surface area contributed by atoms with Gasteiger partial charge >= 0.3 is 0 Å². The van der Waals surface area contributed by atoms with Crippen LogP contribution in [0.4, 0.5) is 11.8 Å². The van der Waals surface area contributed by atoms with Gasteiger partial charge in [0, 0.05) is 25.4 Å². The van der Waals surface area contributed by atoms with Crippen LogP contribution in [0.1, 0.15) is 12.6 Å². The van der Waals surface area contributed by atoms with Crippen LogP contribution in [-0.4, -0.2) is 46.0 Å². The van der Waals surface area contributed by atoms with Crippen molar-refractivity contribution in [1.82, 2.24) is 9.97 Å². The Morgan fingerprint density at radius 1 is 1.44 bits per heavy atom. The Hall–Kier alpha value is -1.40. The van der Waals surface area contributed by atoms with E-state index < -0.39 is 5.60 Å². The van der Waals surface area contributed by atoms with Gasteiger partial charge in [-0.15, -0.1) is 0 Å². The molecule has 0 amide bonds. The number of aliphatic hydroxyl groups excluding tert-OH is 1. The maximum atomic E-state index is 9.61. The monoisotopic (exact) mass is 226 g/mol. The maximum absolute atomic E-state index is 9.61. The number of aryl methyl sites for hydroxylation is 1. The molecule has 0 fully saturated rings. The van der Waals surface area contributed by atoms with Gasteiger partial charge in [-0.1, -0.05) is 0 Å². The SMILES string of the molecule is CNc1nc(C)cc(NCC(C)(O)CO)n1. The van der Waals surface area contributed by atoms with Gasteiger partial charge in [0.25, 0.3) is 0 Å². The predicted molar refractivity (Wildman–Crippen MR) is 62.5 cm³/mol. The van der Waals surface area contributed by atoms with Gasteiger partial charge in [-0.25, -0.2) is 4.98 Å². The van der Waals surface area contributed by atoms with E-state index in [1.807, 2.05) is 6.92 Å². The summed E-state index contributed by atoms with van der Waals surface area (Å²) in [5.41, 5.74) is -0.330. The van der Waals surface area contributed by atoms with E-state index in [1.54, 1.807) is 20.0 Å². The highest BCUT2D eigenvalue weighted by Gasteiger charge is 2.18. The van der Waals surface area contributed by atoms with Gasteiger partial charge in [-0.05, 0) is 13.8 Å². The lowest BCUT2D eigenvalue weighted by atomic mass is 10.1. The second kappa shape index (κ2) is 5.09. The maximum Gasteiger partial charge on any atom is 0.224 e. The standard InChI is InChI=1S/C10H18N4O2/c1-7-4-8(14-9(11-3)13-7)12-5-10(2,16)6-15/h4,15-16H,5-6H2,1-3H3,(H2,11,12,13,14). The van der Waals surface area contributed by atoms with E-state index in [4.69, 9.17) is 5.11 Å². The van der Waals surface area contributed by atoms with Crippen LogP contribution in [0.25, 0.3) is 0 Å². The first-order valence-corrected chi connectivity index (χ1v) is 5.07. The van der Waals surface area contributed by atoms with E-state index >= 15 is 0 Å². The molecule has 4 N–H and O–H groups in total. The number of nitrogens with one attached hydrogen (secondary N) is 2. The van der Waals surface area contributed by atoms with Gasteiger partial charge < -0.3 is 20.8 Å². The topological polar surface area (TPSA) is 90.3 Å². The van der Waals surface area contributed by atoms with Crippen molar-refractivity contribution < 1.29 is 10.2 Å². The molecule has 0 saturated heterocycles. The third kappa shape index (κ3) is 3.63. The molecule has 0 bridgehead atoms. The average Bonchev–Trinajstić information content (AvgIpc) is 2.26. The van der Waals surface area contributed by atoms with E-state index in [0.29, 0.717) is 11.8 Å². The normalized spacial score (nSPS) is 14.3. The second-order valence-electron chi connectivity index (χ2n) is 3.98. The average molecular weight is 226 g/mol. The van der Waals surface area contributed by atoms with E-state index in [9.17, 15) is 5.11 Å². The van der Waals surface area contributed by atoms with E-state index in [1.165, 1.54) is 0 Å². The molecule has 0 aliphatic heterocycles. The molecule has 1 aromatic rings. The molecule has 0 aliphatic carbocycles. The number of anilines is 2. The first kappa shape index (κ1) is 12.7. The van der Waals surface area contributed by atoms with Crippen molar-refractivity contribution in [3.63, 3.8) is 0 Å². The van der Waals surface area contributed by atoms with E-state index in [-0.39, 0.29) is 13.2 Å². The Labute approximate surface area is 94.7 Å². The Bertz CT molecular complexity index is 355. The molecule has 1 unspecified atom stereocenters. The molecule has 1 aromatic heterocycles. The number of aliphatic hydroxyl groups is 2. The Morgan fingerprint density at radius 2 is 2.12 bits per heavy atom. The summed E-state index contributed by atoms with van der Waals surface area (Å²) >= 11 is 0. The molecule has 1 rings (SSSR count). The lowest BCUT2D eigenvalue weighted by Gasteiger charge is -2.21. The Morgan fingerprint density at radius 3 is 2.69 bits per heavy atom. The molecular weight excluding hydrogens is 208 g/mol. The van der Waals surface area contributed by atoms with Crippen LogP contribution in [0.5, 0.6) is 0 Å². The largest absolute Gasteiger partial charge is 0.393 e. The Kier molecular flexibility index (Phi) is 4.03. The van der Waals surface area contributed by atoms with Crippen molar-refractivity contribution in [2.45, 2.75) is 19.4 Å². The fraction of sp³-hybridized carbons (Fsp3) is 0.600. The molecule has 0 radical (unpaired) electrons. The summed E-state index contributed by atoms with van der Waals surface area (Å²) in [6.07, 6.45) is 0. The molecule has 1 heterocycles. The van der Waals surface area contributed by atoms with Crippen LogP contribution in [0.3, 0.4) is 0 Å². The van der Waals surface area contributed by atoms with Crippen molar-refractivity contribution in [2.24, 2.45) is 0 Å². The van der Waals surface area contributed by atoms with E-state index in [0.717, 1.165) is 5.69 Å². The molecule has 6 heteroatoms. The second-order valence-corrected chi connectivity index (χ2v) is 3.98. The fourth-order valence-corrected chi connectivity index (χ4v) is 1.11. The smallest absolute Gasteiger partial charge is 0.224 e. The summed E-state index contributed by atoms with van der Waals surface area (Å²) in [7, 11) is 1.74. The van der Waals surface area contributed by atoms with Crippen LogP contribution >= 0.6 is 0 Å². The zero-order valence-electron chi connectivity index (χ0n) is 9.78. The fourth-order valence-electron chi connectivity index (χ4n) is 1.11. The molecule has 1 atom stereocenters. The highest BCUT2D eigenvalue weighted by molar-refractivity contribution is 5.42. The summed E-state index contributed by atoms with van der Waals surface area (Å²) in [5, 5.41) is 24.3. The third-order valence-electron chi connectivity index (χ3n) is 2.07. The minimum absolute atomic E-state index is 0.225. The Balaban J connectivity index is 2.70. The first-order chi connectivity index (χ1) is 7.46. The molecule has 90 valence electrons. The molecule has 0 aliphatic rings. The van der Waals surface area contributed by atoms with Crippen molar-refractivity contribution in [2.75, 3.05) is 30.8 Å². The number of hydrogen-bond donors (Lipinski definition) is 4. The molecule has 16 heavy (non-hydrogen) atoms. The summed E-state index contributed by atoms with van der Waals surface area (Å²) in [4.78, 5) is 8.31. The van der Waals surface area contributed by atoms with Crippen molar-refractivity contribution in [3.05, 3.63) is 11.8 Å². The van der Waals surface area contributed by atoms with Crippen molar-refractivity contribution >= 4 is 11.8 Å². The molecular formula is C10H18N4O2. The van der Waals surface area contributed by atoms with Crippen LogP contribution in [-0.2, 0) is 0 Å². The van der Waals surface area contributed by atoms with Crippen molar-refractivity contribution in [1.29, 1.82) is 0 Å². The van der Waals surface area contributed by atoms with Gasteiger partial charge in [0.05, 0.1) is 6.61 Å². The summed E-state index contributed by atoms with van der Waals surface area (Å²) in [6.45, 7) is 3.33. The molecule has 0 saturated carbocycles. The highest BCUT2D eigenvalue weighted by Crippen LogP contribution is 2.10. The number of nitrogens with zero attached hydrogens (tertiary/aromatic N) is 2. The van der Waals surface area contributed by atoms with Crippen LogP contribution < -0.4 is 10.6 Å². The summed E-state index contributed by atoms with van der Waals surface area (Å²) < 4.78 is 0. The quantitative estimate of drug-likeness (QED) is 0.564. The molecule has 0 spiro atoms. The number of aromatic nitrogens is 2. The predicted octanol–water partition coefficient (Wildman–Crippen LogP) is -0.0181. The number of hydrogen-bond acceptors (Lipinski definition) is 6. The minimum Gasteiger partial charge on any atom is -0.393 e. The lowest BCUT2D eigenvalue weighted by Crippen LogP contribution is -2.37. The zero-order valence-corrected chi connectivity index (χ0v) is 9.78. The van der Waals surface area contributed by atoms with Gasteiger partial charge in [0.2, 0.25) is 5.95 Å². The van der Waals surface area contributed by atoms with Crippen LogP contribution in [0, 0.1) is 6.92 Å². The first-order valence-electron chi connectivity index (χ1n) is 5.07. The molecule has 0 aromatic carbocycles. The lowest BCUT2D eigenvalue weighted by molar-refractivity contribution is 0.0131.